The van der Waals surface area contributed by atoms with E-state index in [9.17, 15) is 13.8 Å². The molecule has 326 valence electrons. The third-order valence-corrected chi connectivity index (χ3v) is 15.1. The van der Waals surface area contributed by atoms with Crippen LogP contribution in [0, 0.1) is 30.4 Å². The van der Waals surface area contributed by atoms with E-state index in [2.05, 4.69) is 40.2 Å². The topological polar surface area (TPSA) is 192 Å². The smallest absolute Gasteiger partial charge is 0.381 e. The summed E-state index contributed by atoms with van der Waals surface area (Å²) < 4.78 is 53.2. The van der Waals surface area contributed by atoms with Crippen LogP contribution in [-0.2, 0) is 26.4 Å². The zero-order valence-electron chi connectivity index (χ0n) is 35.6. The number of fused-ring (bicyclic) bond motifs is 2. The van der Waals surface area contributed by atoms with Gasteiger partial charge >= 0.3 is 11.4 Å². The molecule has 10 rings (SSSR count). The monoisotopic (exact) mass is 874 g/mol. The highest BCUT2D eigenvalue weighted by atomic mass is 32.2. The van der Waals surface area contributed by atoms with Crippen LogP contribution in [0.15, 0.2) is 86.3 Å². The van der Waals surface area contributed by atoms with Gasteiger partial charge in [0, 0.05) is 60.8 Å². The number of aromatic amines is 1. The average molecular weight is 875 g/mol. The number of carbonyl (C=O) groups is 1. The Kier molecular flexibility index (Phi) is 9.59. The maximum absolute atomic E-state index is 15.4. The lowest BCUT2D eigenvalue weighted by molar-refractivity contribution is 0.0663. The molecule has 3 aliphatic rings. The number of carbonyl (C=O) groups excluding carboxylic acids is 1. The number of ether oxygens (including phenoxy) is 1. The van der Waals surface area contributed by atoms with Crippen LogP contribution in [0.1, 0.15) is 96.3 Å². The number of rotatable bonds is 9. The Morgan fingerprint density at radius 1 is 1.02 bits per heavy atom. The third kappa shape index (κ3) is 6.43. The van der Waals surface area contributed by atoms with Crippen LogP contribution < -0.4 is 11.4 Å². The van der Waals surface area contributed by atoms with Gasteiger partial charge in [0.15, 0.2) is 5.82 Å². The highest BCUT2D eigenvalue weighted by Crippen LogP contribution is 2.56. The summed E-state index contributed by atoms with van der Waals surface area (Å²) in [5, 5.41) is 10.2. The van der Waals surface area contributed by atoms with Crippen LogP contribution in [0.25, 0.3) is 28.1 Å². The van der Waals surface area contributed by atoms with Crippen molar-refractivity contribution in [2.24, 2.45) is 5.92 Å². The Hall–Kier alpha value is -6.40. The number of benzene rings is 2. The van der Waals surface area contributed by atoms with E-state index >= 15 is 9.18 Å². The summed E-state index contributed by atoms with van der Waals surface area (Å²) in [4.78, 5) is 51.2. The average Bonchev–Trinajstić information content (AvgIpc) is 3.78. The van der Waals surface area contributed by atoms with Crippen molar-refractivity contribution in [2.45, 2.75) is 82.8 Å². The highest BCUT2D eigenvalue weighted by molar-refractivity contribution is 7.92. The molecule has 5 aromatic heterocycles. The fourth-order valence-electron chi connectivity index (χ4n) is 9.81. The van der Waals surface area contributed by atoms with Gasteiger partial charge in [-0.3, -0.25) is 23.4 Å². The Labute approximate surface area is 361 Å². The molecule has 7 heterocycles. The number of hydrogen-bond donors (Lipinski definition) is 2. The Bertz CT molecular complexity index is 3180. The molecule has 0 radical (unpaired) electrons. The molecule has 2 aromatic carbocycles. The highest BCUT2D eigenvalue weighted by Gasteiger charge is 2.59. The van der Waals surface area contributed by atoms with E-state index in [-0.39, 0.29) is 28.4 Å². The van der Waals surface area contributed by atoms with E-state index in [1.54, 1.807) is 60.9 Å². The number of aromatic nitrogens is 8. The molecule has 18 heteroatoms. The molecule has 0 spiro atoms. The lowest BCUT2D eigenvalue weighted by atomic mass is 9.91. The minimum atomic E-state index is -3.07. The van der Waals surface area contributed by atoms with Crippen LogP contribution in [-0.4, -0.2) is 79.1 Å². The van der Waals surface area contributed by atoms with Crippen LogP contribution in [0.5, 0.6) is 0 Å². The Balaban J connectivity index is 1.11. The summed E-state index contributed by atoms with van der Waals surface area (Å²) in [6.45, 7) is 10.7. The number of nitrogens with one attached hydrogen (secondary N) is 2. The Morgan fingerprint density at radius 2 is 1.75 bits per heavy atom. The molecule has 2 fully saturated rings. The van der Waals surface area contributed by atoms with Crippen molar-refractivity contribution in [3.63, 3.8) is 0 Å². The summed E-state index contributed by atoms with van der Waals surface area (Å²) >= 11 is 0. The SMILES string of the molecule is CCS(=N)(=O)c1ccc(-n2ccn(-c3c4c(nn3-c3cc(C)c(F)c(C)c3)CCN(C(=O)c3cc5cc(C6CCOCC6)ccc5n3[C@@]3(c5noc(=O)[nH]5)C[C@@H]3C)[C@H]4C)c2=O)cn1. The molecule has 63 heavy (non-hydrogen) atoms. The van der Waals surface area contributed by atoms with Crippen LogP contribution in [0.2, 0.25) is 0 Å². The van der Waals surface area contributed by atoms with Crippen LogP contribution in [0.4, 0.5) is 4.39 Å². The minimum absolute atomic E-state index is 0.0124. The third-order valence-electron chi connectivity index (χ3n) is 13.4. The van der Waals surface area contributed by atoms with Gasteiger partial charge in [-0.1, -0.05) is 25.1 Å². The molecule has 2 N–H and O–H groups in total. The quantitative estimate of drug-likeness (QED) is 0.164. The number of nitrogens with zero attached hydrogens (tertiary/aromatic N) is 8. The normalized spacial score (nSPS) is 21.1. The number of H-pyrrole nitrogens is 1. The first kappa shape index (κ1) is 40.7. The van der Waals surface area contributed by atoms with Gasteiger partial charge in [-0.2, -0.15) is 5.10 Å². The zero-order valence-corrected chi connectivity index (χ0v) is 36.4. The molecule has 1 amide bonds. The molecule has 1 saturated heterocycles. The first-order chi connectivity index (χ1) is 30.2. The van der Waals surface area contributed by atoms with E-state index in [0.717, 1.165) is 23.7 Å². The van der Waals surface area contributed by atoms with Crippen molar-refractivity contribution in [1.29, 1.82) is 4.78 Å². The van der Waals surface area contributed by atoms with Gasteiger partial charge in [-0.05, 0) is 111 Å². The van der Waals surface area contributed by atoms with Gasteiger partial charge in [0.05, 0.1) is 39.0 Å². The van der Waals surface area contributed by atoms with Crippen molar-refractivity contribution in [3.05, 3.63) is 133 Å². The summed E-state index contributed by atoms with van der Waals surface area (Å²) in [6, 6.07) is 14.1. The molecule has 1 unspecified atom stereocenters. The number of hydrogen-bond acceptors (Lipinski definition) is 10. The first-order valence-electron chi connectivity index (χ1n) is 21.2. The van der Waals surface area contributed by atoms with Crippen molar-refractivity contribution in [2.75, 3.05) is 25.5 Å². The lowest BCUT2D eigenvalue weighted by Gasteiger charge is -2.34. The van der Waals surface area contributed by atoms with Gasteiger partial charge in [-0.15, -0.1) is 0 Å². The lowest BCUT2D eigenvalue weighted by Crippen LogP contribution is -2.41. The zero-order chi connectivity index (χ0) is 44.1. The summed E-state index contributed by atoms with van der Waals surface area (Å²) in [5.41, 5.74) is 4.23. The Morgan fingerprint density at radius 3 is 2.40 bits per heavy atom. The second-order valence-corrected chi connectivity index (χ2v) is 19.4. The summed E-state index contributed by atoms with van der Waals surface area (Å²) in [5.74, 6) is -0.0670. The molecule has 16 nitrogen and oxygen atoms in total. The van der Waals surface area contributed by atoms with E-state index < -0.39 is 32.8 Å². The molecule has 4 atom stereocenters. The predicted octanol–water partition coefficient (Wildman–Crippen LogP) is 6.46. The van der Waals surface area contributed by atoms with Gasteiger partial charge in [0.2, 0.25) is 0 Å². The molecule has 7 aromatic rings. The van der Waals surface area contributed by atoms with Gasteiger partial charge in [-0.25, -0.2) is 32.6 Å². The maximum Gasteiger partial charge on any atom is 0.438 e. The van der Waals surface area contributed by atoms with E-state index in [1.165, 1.54) is 27.0 Å². The van der Waals surface area contributed by atoms with E-state index in [1.807, 2.05) is 17.6 Å². The minimum Gasteiger partial charge on any atom is -0.381 e. The second-order valence-electron chi connectivity index (χ2n) is 17.1. The number of aryl methyl sites for hydroxylation is 2. The molecule has 1 aliphatic carbocycles. The fourth-order valence-corrected chi connectivity index (χ4v) is 10.6. The second kappa shape index (κ2) is 14.9. The fraction of sp³-hybridized carbons (Fsp3) is 0.378. The van der Waals surface area contributed by atoms with Crippen molar-refractivity contribution in [1.82, 2.24) is 43.5 Å². The van der Waals surface area contributed by atoms with Crippen molar-refractivity contribution < 1.29 is 22.7 Å². The van der Waals surface area contributed by atoms with Crippen LogP contribution in [0.3, 0.4) is 0 Å². The standard InChI is InChI=1S/C45H47FN10O6S/c1-6-63(47,60)37-10-8-32(24-48-37)53-15-16-54(44(53)59)40-38-28(5)52(14-11-34(38)50-56(40)33-19-25(2)39(46)26(3)20-33)41(57)36-22-31-21-30(29-12-17-61-18-13-29)7-9-35(31)55(36)45(23-27(45)4)42-49-43(58)62-51-42/h7-10,15-16,19-22,24,27-29,47H,6,11-14,17-18,23H2,1-5H3,(H,49,51,58)/t27-,28-,45-,63?/m0/s1. The van der Waals surface area contributed by atoms with Gasteiger partial charge < -0.3 is 14.2 Å². The molecular formula is C45H47FN10O6S. The number of amides is 1. The van der Waals surface area contributed by atoms with Crippen molar-refractivity contribution >= 4 is 26.5 Å². The predicted molar refractivity (Wildman–Crippen MR) is 231 cm³/mol. The van der Waals surface area contributed by atoms with Gasteiger partial charge in [0.25, 0.3) is 5.91 Å². The van der Waals surface area contributed by atoms with Crippen LogP contribution >= 0.6 is 0 Å². The molecule has 1 saturated carbocycles. The summed E-state index contributed by atoms with van der Waals surface area (Å²) in [7, 11) is -3.07. The largest absolute Gasteiger partial charge is 0.438 e. The molecule has 2 aliphatic heterocycles. The van der Waals surface area contributed by atoms with Gasteiger partial charge in [0.1, 0.15) is 27.9 Å². The summed E-state index contributed by atoms with van der Waals surface area (Å²) in [6.07, 6.45) is 7.42. The molecule has 0 bridgehead atoms. The van der Waals surface area contributed by atoms with E-state index in [0.29, 0.717) is 89.6 Å². The number of halogens is 1. The number of pyridine rings is 1. The maximum atomic E-state index is 15.4. The van der Waals surface area contributed by atoms with Crippen molar-refractivity contribution in [3.8, 4) is 17.2 Å². The number of imidazole rings is 1. The molecular weight excluding hydrogens is 828 g/mol. The van der Waals surface area contributed by atoms with E-state index in [4.69, 9.17) is 19.1 Å². The first-order valence-corrected chi connectivity index (χ1v) is 23.0.